The molecule has 118 valence electrons. The maximum atomic E-state index is 12.2. The minimum absolute atomic E-state index is 0.0915. The molecule has 0 atom stereocenters. The van der Waals surface area contributed by atoms with Gasteiger partial charge in [0.15, 0.2) is 0 Å². The Bertz CT molecular complexity index is 381. The fourth-order valence-electron chi connectivity index (χ4n) is 3.40. The summed E-state index contributed by atoms with van der Waals surface area (Å²) in [4.78, 5) is 25.9. The van der Waals surface area contributed by atoms with Crippen LogP contribution in [0.1, 0.15) is 57.8 Å². The van der Waals surface area contributed by atoms with Crippen molar-refractivity contribution in [3.63, 3.8) is 0 Å². The lowest BCUT2D eigenvalue weighted by atomic mass is 9.95. The molecule has 21 heavy (non-hydrogen) atoms. The Morgan fingerprint density at radius 2 is 1.38 bits per heavy atom. The van der Waals surface area contributed by atoms with Crippen LogP contribution in [0.3, 0.4) is 0 Å². The second-order valence-electron chi connectivity index (χ2n) is 6.83. The highest BCUT2D eigenvalue weighted by molar-refractivity contribution is 5.81. The normalized spacial score (nSPS) is 24.7. The molecule has 2 saturated carbocycles. The van der Waals surface area contributed by atoms with Gasteiger partial charge in [0.25, 0.3) is 0 Å². The number of urea groups is 1. The summed E-state index contributed by atoms with van der Waals surface area (Å²) in [6, 6.07) is 0.726. The second-order valence-corrected chi connectivity index (χ2v) is 6.83. The van der Waals surface area contributed by atoms with Gasteiger partial charge in [-0.3, -0.25) is 4.79 Å². The lowest BCUT2D eigenvalue weighted by molar-refractivity contribution is -0.123. The van der Waals surface area contributed by atoms with E-state index in [9.17, 15) is 9.59 Å². The van der Waals surface area contributed by atoms with Crippen LogP contribution in [0.4, 0.5) is 4.79 Å². The molecule has 5 nitrogen and oxygen atoms in total. The van der Waals surface area contributed by atoms with Crippen LogP contribution < -0.4 is 10.6 Å². The predicted octanol–water partition coefficient (Wildman–Crippen LogP) is 2.02. The maximum absolute atomic E-state index is 12.2. The van der Waals surface area contributed by atoms with E-state index >= 15 is 0 Å². The van der Waals surface area contributed by atoms with Crippen LogP contribution in [-0.2, 0) is 4.79 Å². The van der Waals surface area contributed by atoms with E-state index < -0.39 is 0 Å². The van der Waals surface area contributed by atoms with E-state index in [-0.39, 0.29) is 23.9 Å². The average molecular weight is 293 g/mol. The Balaban J connectivity index is 1.37. The molecule has 1 saturated heterocycles. The number of amides is 3. The largest absolute Gasteiger partial charge is 0.353 e. The number of hydrogen-bond acceptors (Lipinski definition) is 2. The summed E-state index contributed by atoms with van der Waals surface area (Å²) >= 11 is 0. The molecule has 2 aliphatic carbocycles. The molecule has 3 fully saturated rings. The van der Waals surface area contributed by atoms with E-state index in [1.165, 1.54) is 19.3 Å². The molecule has 0 aromatic carbocycles. The predicted molar refractivity (Wildman–Crippen MR) is 80.9 cm³/mol. The number of rotatable bonds is 3. The summed E-state index contributed by atoms with van der Waals surface area (Å²) in [6.45, 7) is 1.52. The molecular formula is C16H27N3O2. The molecule has 0 spiro atoms. The van der Waals surface area contributed by atoms with E-state index in [1.807, 2.05) is 4.90 Å². The molecular weight excluding hydrogens is 266 g/mol. The van der Waals surface area contributed by atoms with Crippen LogP contribution in [-0.4, -0.2) is 42.0 Å². The molecule has 0 radical (unpaired) electrons. The lowest BCUT2D eigenvalue weighted by Gasteiger charge is -2.34. The number of hydrogen-bond donors (Lipinski definition) is 2. The van der Waals surface area contributed by atoms with Gasteiger partial charge in [0.05, 0.1) is 0 Å². The maximum Gasteiger partial charge on any atom is 0.317 e. The molecule has 3 aliphatic rings. The standard InChI is InChI=1S/C16H27N3O2/c20-15(12-6-7-12)17-14-8-10-19(11-9-14)16(21)18-13-4-2-1-3-5-13/h12-14H,1-11H2,(H,17,20)(H,18,21). The highest BCUT2D eigenvalue weighted by Crippen LogP contribution is 2.29. The van der Waals surface area contributed by atoms with E-state index in [1.54, 1.807) is 0 Å². The minimum Gasteiger partial charge on any atom is -0.353 e. The van der Waals surface area contributed by atoms with Gasteiger partial charge in [0.2, 0.25) is 5.91 Å². The van der Waals surface area contributed by atoms with Gasteiger partial charge < -0.3 is 15.5 Å². The van der Waals surface area contributed by atoms with Crippen molar-refractivity contribution in [3.8, 4) is 0 Å². The van der Waals surface area contributed by atoms with Crippen molar-refractivity contribution < 1.29 is 9.59 Å². The number of nitrogens with zero attached hydrogens (tertiary/aromatic N) is 1. The smallest absolute Gasteiger partial charge is 0.317 e. The Morgan fingerprint density at radius 1 is 0.762 bits per heavy atom. The molecule has 0 aromatic rings. The summed E-state index contributed by atoms with van der Waals surface area (Å²) in [5.41, 5.74) is 0. The Hall–Kier alpha value is -1.26. The molecule has 0 aromatic heterocycles. The number of nitrogens with one attached hydrogen (secondary N) is 2. The van der Waals surface area contributed by atoms with Gasteiger partial charge in [-0.1, -0.05) is 19.3 Å². The van der Waals surface area contributed by atoms with Crippen LogP contribution in [0.2, 0.25) is 0 Å². The van der Waals surface area contributed by atoms with Crippen molar-refractivity contribution in [2.24, 2.45) is 5.92 Å². The van der Waals surface area contributed by atoms with Crippen molar-refractivity contribution >= 4 is 11.9 Å². The Labute approximate surface area is 126 Å². The summed E-state index contributed by atoms with van der Waals surface area (Å²) in [7, 11) is 0. The van der Waals surface area contributed by atoms with Crippen molar-refractivity contribution in [2.45, 2.75) is 69.9 Å². The Kier molecular flexibility index (Phi) is 4.66. The van der Waals surface area contributed by atoms with Crippen LogP contribution >= 0.6 is 0 Å². The fourth-order valence-corrected chi connectivity index (χ4v) is 3.40. The first-order valence-electron chi connectivity index (χ1n) is 8.58. The third-order valence-electron chi connectivity index (χ3n) is 5.01. The van der Waals surface area contributed by atoms with E-state index in [0.717, 1.165) is 51.6 Å². The second kappa shape index (κ2) is 6.67. The van der Waals surface area contributed by atoms with Crippen LogP contribution in [0, 0.1) is 5.92 Å². The van der Waals surface area contributed by atoms with Crippen molar-refractivity contribution in [1.29, 1.82) is 0 Å². The number of likely N-dealkylation sites (tertiary alicyclic amines) is 1. The minimum atomic E-state index is 0.0915. The van der Waals surface area contributed by atoms with Gasteiger partial charge in [0, 0.05) is 31.1 Å². The van der Waals surface area contributed by atoms with Crippen LogP contribution in [0.25, 0.3) is 0 Å². The molecule has 3 rings (SSSR count). The highest BCUT2D eigenvalue weighted by atomic mass is 16.2. The quantitative estimate of drug-likeness (QED) is 0.836. The lowest BCUT2D eigenvalue weighted by Crippen LogP contribution is -2.51. The summed E-state index contributed by atoms with van der Waals surface area (Å²) < 4.78 is 0. The highest BCUT2D eigenvalue weighted by Gasteiger charge is 2.32. The van der Waals surface area contributed by atoms with Gasteiger partial charge in [-0.05, 0) is 38.5 Å². The topological polar surface area (TPSA) is 61.4 Å². The van der Waals surface area contributed by atoms with Gasteiger partial charge in [-0.2, -0.15) is 0 Å². The first-order valence-corrected chi connectivity index (χ1v) is 8.58. The average Bonchev–Trinajstić information content (AvgIpc) is 3.33. The summed E-state index contributed by atoms with van der Waals surface area (Å²) in [6.07, 6.45) is 9.90. The van der Waals surface area contributed by atoms with Crippen LogP contribution in [0.15, 0.2) is 0 Å². The van der Waals surface area contributed by atoms with Crippen molar-refractivity contribution in [2.75, 3.05) is 13.1 Å². The van der Waals surface area contributed by atoms with Gasteiger partial charge >= 0.3 is 6.03 Å². The summed E-state index contributed by atoms with van der Waals surface area (Å²) in [5.74, 6) is 0.498. The SMILES string of the molecule is O=C(NC1CCN(C(=O)NC2CCCCC2)CC1)C1CC1. The molecule has 3 amide bonds. The third kappa shape index (κ3) is 4.11. The van der Waals surface area contributed by atoms with Crippen LogP contribution in [0.5, 0.6) is 0 Å². The molecule has 0 bridgehead atoms. The molecule has 1 heterocycles. The Morgan fingerprint density at radius 3 is 2.00 bits per heavy atom. The van der Waals surface area contributed by atoms with Gasteiger partial charge in [-0.25, -0.2) is 4.79 Å². The van der Waals surface area contributed by atoms with Crippen molar-refractivity contribution in [1.82, 2.24) is 15.5 Å². The van der Waals surface area contributed by atoms with E-state index in [0.29, 0.717) is 6.04 Å². The number of carbonyl (C=O) groups is 2. The fraction of sp³-hybridized carbons (Fsp3) is 0.875. The zero-order valence-corrected chi connectivity index (χ0v) is 12.8. The first-order chi connectivity index (χ1) is 10.2. The molecule has 5 heteroatoms. The van der Waals surface area contributed by atoms with E-state index in [4.69, 9.17) is 0 Å². The van der Waals surface area contributed by atoms with E-state index in [2.05, 4.69) is 10.6 Å². The first kappa shape index (κ1) is 14.7. The number of carbonyl (C=O) groups excluding carboxylic acids is 2. The molecule has 2 N–H and O–H groups in total. The zero-order valence-electron chi connectivity index (χ0n) is 12.8. The molecule has 1 aliphatic heterocycles. The monoisotopic (exact) mass is 293 g/mol. The van der Waals surface area contributed by atoms with Gasteiger partial charge in [0.1, 0.15) is 0 Å². The third-order valence-corrected chi connectivity index (χ3v) is 5.01. The summed E-state index contributed by atoms with van der Waals surface area (Å²) in [5, 5.41) is 6.30. The van der Waals surface area contributed by atoms with Gasteiger partial charge in [-0.15, -0.1) is 0 Å². The molecule has 0 unspecified atom stereocenters. The zero-order chi connectivity index (χ0) is 14.7. The van der Waals surface area contributed by atoms with Crippen molar-refractivity contribution in [3.05, 3.63) is 0 Å². The number of piperidine rings is 1.